The molecule has 2 aliphatic rings. The van der Waals surface area contributed by atoms with Crippen molar-refractivity contribution in [1.29, 1.82) is 0 Å². The lowest BCUT2D eigenvalue weighted by Gasteiger charge is -2.21. The minimum atomic E-state index is -0.556. The van der Waals surface area contributed by atoms with E-state index < -0.39 is 6.23 Å². The van der Waals surface area contributed by atoms with Crippen molar-refractivity contribution in [2.75, 3.05) is 25.2 Å². The first kappa shape index (κ1) is 15.2. The highest BCUT2D eigenvalue weighted by molar-refractivity contribution is 5.81. The average Bonchev–Trinajstić information content (AvgIpc) is 3.14. The number of Topliss-reactive ketones (excluding diaryl/α,β-unsaturated/α-hetero) is 1. The van der Waals surface area contributed by atoms with Crippen molar-refractivity contribution in [3.63, 3.8) is 0 Å². The molecule has 1 aromatic carbocycles. The Morgan fingerprint density at radius 1 is 1.36 bits per heavy atom. The van der Waals surface area contributed by atoms with E-state index in [2.05, 4.69) is 12.1 Å². The topological polar surface area (TPSA) is 55.8 Å². The maximum absolute atomic E-state index is 11.4. The van der Waals surface area contributed by atoms with Crippen molar-refractivity contribution < 1.29 is 19.1 Å². The normalized spacial score (nSPS) is 28.3. The number of benzene rings is 1. The SMILES string of the molecule is COC[C@H]1CN(c2ccc(C3CCC(=O)C3)cc2)C(C=O)O1. The summed E-state index contributed by atoms with van der Waals surface area (Å²) in [7, 11) is 1.62. The summed E-state index contributed by atoms with van der Waals surface area (Å²) in [5, 5.41) is 0. The van der Waals surface area contributed by atoms with Crippen LogP contribution in [0.2, 0.25) is 0 Å². The van der Waals surface area contributed by atoms with Crippen LogP contribution in [0.15, 0.2) is 24.3 Å². The van der Waals surface area contributed by atoms with Crippen LogP contribution >= 0.6 is 0 Å². The van der Waals surface area contributed by atoms with E-state index in [1.807, 2.05) is 17.0 Å². The number of anilines is 1. The number of aldehydes is 1. The molecule has 0 aromatic heterocycles. The van der Waals surface area contributed by atoms with Crippen LogP contribution in [0.25, 0.3) is 0 Å². The summed E-state index contributed by atoms with van der Waals surface area (Å²) in [5.74, 6) is 0.699. The summed E-state index contributed by atoms with van der Waals surface area (Å²) in [6, 6.07) is 8.13. The summed E-state index contributed by atoms with van der Waals surface area (Å²) < 4.78 is 10.8. The second-order valence-electron chi connectivity index (χ2n) is 5.96. The molecule has 1 saturated carbocycles. The third-order valence-electron chi connectivity index (χ3n) is 4.45. The highest BCUT2D eigenvalue weighted by atomic mass is 16.6. The molecule has 3 rings (SSSR count). The molecule has 5 heteroatoms. The minimum absolute atomic E-state index is 0.0904. The lowest BCUT2D eigenvalue weighted by molar-refractivity contribution is -0.118. The van der Waals surface area contributed by atoms with Gasteiger partial charge in [-0.25, -0.2) is 0 Å². The summed E-state index contributed by atoms with van der Waals surface area (Å²) in [5.41, 5.74) is 2.16. The van der Waals surface area contributed by atoms with Gasteiger partial charge in [-0.05, 0) is 30.0 Å². The fraction of sp³-hybridized carbons (Fsp3) is 0.529. The average molecular weight is 303 g/mol. The van der Waals surface area contributed by atoms with Crippen LogP contribution in [0, 0.1) is 0 Å². The van der Waals surface area contributed by atoms with Crippen molar-refractivity contribution >= 4 is 17.8 Å². The standard InChI is InChI=1S/C17H21NO4/c1-21-11-16-9-18(17(10-19)22-16)14-5-2-12(3-6-14)13-4-7-15(20)8-13/h2-3,5-6,10,13,16-17H,4,7-9,11H2,1H3/t13?,16-,17?/m1/s1. The van der Waals surface area contributed by atoms with Crippen LogP contribution in [0.4, 0.5) is 5.69 Å². The molecule has 1 aliphatic heterocycles. The number of rotatable bonds is 5. The van der Waals surface area contributed by atoms with Gasteiger partial charge in [0.2, 0.25) is 0 Å². The number of ether oxygens (including phenoxy) is 2. The molecule has 3 atom stereocenters. The van der Waals surface area contributed by atoms with Gasteiger partial charge in [0.05, 0.1) is 6.61 Å². The lowest BCUT2D eigenvalue weighted by Crippen LogP contribution is -2.31. The van der Waals surface area contributed by atoms with Gasteiger partial charge in [-0.2, -0.15) is 0 Å². The van der Waals surface area contributed by atoms with E-state index in [1.165, 1.54) is 5.56 Å². The van der Waals surface area contributed by atoms with Crippen LogP contribution in [0.3, 0.4) is 0 Å². The van der Waals surface area contributed by atoms with Crippen molar-refractivity contribution in [1.82, 2.24) is 0 Å². The Kier molecular flexibility index (Phi) is 4.55. The fourth-order valence-corrected chi connectivity index (χ4v) is 3.31. The first-order chi connectivity index (χ1) is 10.7. The number of hydrogen-bond acceptors (Lipinski definition) is 5. The van der Waals surface area contributed by atoms with Gasteiger partial charge >= 0.3 is 0 Å². The molecule has 2 fully saturated rings. The highest BCUT2D eigenvalue weighted by Gasteiger charge is 2.33. The van der Waals surface area contributed by atoms with Gasteiger partial charge in [-0.15, -0.1) is 0 Å². The molecule has 1 heterocycles. The first-order valence-electron chi connectivity index (χ1n) is 7.69. The Balaban J connectivity index is 1.71. The summed E-state index contributed by atoms with van der Waals surface area (Å²) in [4.78, 5) is 24.6. The maximum atomic E-state index is 11.4. The third kappa shape index (κ3) is 3.05. The molecule has 1 saturated heterocycles. The second-order valence-corrected chi connectivity index (χ2v) is 5.96. The van der Waals surface area contributed by atoms with E-state index in [0.29, 0.717) is 37.7 Å². The fourth-order valence-electron chi connectivity index (χ4n) is 3.31. The molecule has 22 heavy (non-hydrogen) atoms. The lowest BCUT2D eigenvalue weighted by atomic mass is 9.97. The van der Waals surface area contributed by atoms with Crippen LogP contribution in [-0.4, -0.2) is 44.7 Å². The van der Waals surface area contributed by atoms with Crippen molar-refractivity contribution in [3.05, 3.63) is 29.8 Å². The number of nitrogens with zero attached hydrogens (tertiary/aromatic N) is 1. The minimum Gasteiger partial charge on any atom is -0.382 e. The number of hydrogen-bond donors (Lipinski definition) is 0. The molecular formula is C17H21NO4. The van der Waals surface area contributed by atoms with Crippen LogP contribution in [0.1, 0.15) is 30.7 Å². The van der Waals surface area contributed by atoms with Gasteiger partial charge in [-0.3, -0.25) is 9.59 Å². The molecule has 0 spiro atoms. The van der Waals surface area contributed by atoms with Crippen LogP contribution in [0.5, 0.6) is 0 Å². The van der Waals surface area contributed by atoms with Gasteiger partial charge in [0.25, 0.3) is 0 Å². The van der Waals surface area contributed by atoms with Crippen LogP contribution < -0.4 is 4.90 Å². The van der Waals surface area contributed by atoms with E-state index >= 15 is 0 Å². The van der Waals surface area contributed by atoms with Crippen molar-refractivity contribution in [2.45, 2.75) is 37.5 Å². The van der Waals surface area contributed by atoms with Gasteiger partial charge < -0.3 is 14.4 Å². The van der Waals surface area contributed by atoms with Crippen molar-refractivity contribution in [2.24, 2.45) is 0 Å². The van der Waals surface area contributed by atoms with Crippen LogP contribution in [-0.2, 0) is 19.1 Å². The molecule has 2 unspecified atom stereocenters. The quantitative estimate of drug-likeness (QED) is 0.778. The Bertz CT molecular complexity index is 542. The van der Waals surface area contributed by atoms with E-state index in [-0.39, 0.29) is 6.10 Å². The second kappa shape index (κ2) is 6.58. The monoisotopic (exact) mass is 303 g/mol. The zero-order valence-corrected chi connectivity index (χ0v) is 12.7. The third-order valence-corrected chi connectivity index (χ3v) is 4.45. The van der Waals surface area contributed by atoms with Crippen molar-refractivity contribution in [3.8, 4) is 0 Å². The summed E-state index contributed by atoms with van der Waals surface area (Å²) in [6.07, 6.45) is 2.46. The zero-order chi connectivity index (χ0) is 15.5. The molecule has 0 radical (unpaired) electrons. The molecular weight excluding hydrogens is 282 g/mol. The zero-order valence-electron chi connectivity index (χ0n) is 12.7. The van der Waals surface area contributed by atoms with E-state index in [1.54, 1.807) is 7.11 Å². The smallest absolute Gasteiger partial charge is 0.187 e. The van der Waals surface area contributed by atoms with Gasteiger partial charge in [0, 0.05) is 32.2 Å². The molecule has 0 bridgehead atoms. The molecule has 118 valence electrons. The summed E-state index contributed by atoms with van der Waals surface area (Å²) in [6.45, 7) is 1.11. The largest absolute Gasteiger partial charge is 0.382 e. The highest BCUT2D eigenvalue weighted by Crippen LogP contribution is 2.33. The van der Waals surface area contributed by atoms with E-state index in [9.17, 15) is 9.59 Å². The number of methoxy groups -OCH3 is 1. The van der Waals surface area contributed by atoms with Gasteiger partial charge in [0.15, 0.2) is 12.5 Å². The predicted octanol–water partition coefficient (Wildman–Crippen LogP) is 1.90. The first-order valence-corrected chi connectivity index (χ1v) is 7.69. The number of carbonyl (C=O) groups is 2. The Morgan fingerprint density at radius 3 is 2.73 bits per heavy atom. The summed E-state index contributed by atoms with van der Waals surface area (Å²) >= 11 is 0. The Hall–Kier alpha value is -1.72. The molecule has 0 N–H and O–H groups in total. The number of carbonyl (C=O) groups excluding carboxylic acids is 2. The van der Waals surface area contributed by atoms with E-state index in [0.717, 1.165) is 18.4 Å². The van der Waals surface area contributed by atoms with Gasteiger partial charge in [-0.1, -0.05) is 12.1 Å². The molecule has 1 aromatic rings. The molecule has 1 aliphatic carbocycles. The maximum Gasteiger partial charge on any atom is 0.187 e. The van der Waals surface area contributed by atoms with Gasteiger partial charge in [0.1, 0.15) is 11.9 Å². The predicted molar refractivity (Wildman–Crippen MR) is 82.0 cm³/mol. The Labute approximate surface area is 130 Å². The Morgan fingerprint density at radius 2 is 2.14 bits per heavy atom. The molecule has 5 nitrogen and oxygen atoms in total. The number of ketones is 1. The van der Waals surface area contributed by atoms with E-state index in [4.69, 9.17) is 9.47 Å². The molecule has 0 amide bonds.